The Labute approximate surface area is 213 Å². The van der Waals surface area contributed by atoms with Crippen LogP contribution in [0, 0.1) is 0 Å². The quantitative estimate of drug-likeness (QED) is 0.0383. The zero-order chi connectivity index (χ0) is 25.0. The van der Waals surface area contributed by atoms with Crippen molar-refractivity contribution >= 4 is 5.91 Å². The lowest BCUT2D eigenvalue weighted by molar-refractivity contribution is -0.166. The van der Waals surface area contributed by atoms with Crippen molar-refractivity contribution < 1.29 is 10.0 Å². The summed E-state index contributed by atoms with van der Waals surface area (Å²) in [4.78, 5) is 11.1. The molecule has 0 aromatic carbocycles. The van der Waals surface area contributed by atoms with Crippen LogP contribution in [0.15, 0.2) is 0 Å². The number of amides is 1. The van der Waals surface area contributed by atoms with Gasteiger partial charge in [-0.1, -0.05) is 174 Å². The van der Waals surface area contributed by atoms with E-state index in [4.69, 9.17) is 11.0 Å². The molecule has 0 rings (SSSR count). The summed E-state index contributed by atoms with van der Waals surface area (Å²) in [5, 5.41) is 8.99. The number of carbonyl (C=O) groups excluding carboxylic acids is 1. The summed E-state index contributed by atoms with van der Waals surface area (Å²) in [7, 11) is 0. The van der Waals surface area contributed by atoms with E-state index in [0.717, 1.165) is 12.8 Å². The van der Waals surface area contributed by atoms with Gasteiger partial charge in [-0.15, -0.1) is 0 Å². The molecule has 204 valence electrons. The van der Waals surface area contributed by atoms with Gasteiger partial charge in [-0.25, -0.2) is 5.84 Å². The second-order valence-corrected chi connectivity index (χ2v) is 10.7. The van der Waals surface area contributed by atoms with Crippen LogP contribution in [-0.4, -0.2) is 16.3 Å². The highest BCUT2D eigenvalue weighted by Crippen LogP contribution is 2.16. The van der Waals surface area contributed by atoms with E-state index < -0.39 is 0 Å². The summed E-state index contributed by atoms with van der Waals surface area (Å²) >= 11 is 0. The van der Waals surface area contributed by atoms with Crippen molar-refractivity contribution in [1.29, 1.82) is 0 Å². The molecule has 4 nitrogen and oxygen atoms in total. The third-order valence-corrected chi connectivity index (χ3v) is 7.25. The zero-order valence-corrected chi connectivity index (χ0v) is 23.2. The van der Waals surface area contributed by atoms with Crippen molar-refractivity contribution in [2.45, 2.75) is 187 Å². The number of hydrazine groups is 1. The average Bonchev–Trinajstić information content (AvgIpc) is 2.83. The molecule has 0 spiro atoms. The van der Waals surface area contributed by atoms with E-state index in [1.54, 1.807) is 0 Å². The van der Waals surface area contributed by atoms with Gasteiger partial charge < -0.3 is 0 Å². The van der Waals surface area contributed by atoms with E-state index in [-0.39, 0.29) is 11.1 Å². The van der Waals surface area contributed by atoms with Crippen molar-refractivity contribution in [2.75, 3.05) is 0 Å². The molecule has 0 aromatic rings. The van der Waals surface area contributed by atoms with Gasteiger partial charge in [0.1, 0.15) is 0 Å². The van der Waals surface area contributed by atoms with Gasteiger partial charge >= 0.3 is 0 Å². The summed E-state index contributed by atoms with van der Waals surface area (Å²) in [5.74, 6) is 4.59. The van der Waals surface area contributed by atoms with Gasteiger partial charge in [0.25, 0.3) is 5.91 Å². The highest BCUT2D eigenvalue weighted by molar-refractivity contribution is 5.74. The van der Waals surface area contributed by atoms with Gasteiger partial charge in [0.2, 0.25) is 0 Å². The summed E-state index contributed by atoms with van der Waals surface area (Å²) in [6, 6.07) is 0. The van der Waals surface area contributed by atoms with E-state index >= 15 is 0 Å². The Kier molecular flexibility index (Phi) is 28.1. The predicted octanol–water partition coefficient (Wildman–Crippen LogP) is 10.0. The fraction of sp³-hybridized carbons (Fsp3) is 0.967. The predicted molar refractivity (Wildman–Crippen MR) is 148 cm³/mol. The highest BCUT2D eigenvalue weighted by atomic mass is 16.5. The molecule has 3 N–H and O–H groups in total. The van der Waals surface area contributed by atoms with Crippen molar-refractivity contribution in [1.82, 2.24) is 5.17 Å². The van der Waals surface area contributed by atoms with Crippen LogP contribution in [0.5, 0.6) is 0 Å². The molecule has 0 aromatic heterocycles. The van der Waals surface area contributed by atoms with Crippen LogP contribution < -0.4 is 5.84 Å². The lowest BCUT2D eigenvalue weighted by Crippen LogP contribution is -2.33. The SMILES string of the molecule is CCCCCCCCCCCCCCCCCCCCCCCCCCCCCC(=O)N(N)O. The standard InChI is InChI=1S/C30H62N2O2/c1-2-3-4-5-6-7-8-9-10-11-12-13-14-15-16-17-18-19-20-21-22-23-24-25-26-27-28-29-30(33)32(31)34/h34H,2-29,31H2,1H3. The molecule has 0 heterocycles. The summed E-state index contributed by atoms with van der Waals surface area (Å²) in [6.45, 7) is 2.29. The highest BCUT2D eigenvalue weighted by Gasteiger charge is 2.04. The van der Waals surface area contributed by atoms with Crippen LogP contribution in [0.25, 0.3) is 0 Å². The first kappa shape index (κ1) is 33.4. The third kappa shape index (κ3) is 27.6. The number of hydrogen-bond donors (Lipinski definition) is 2. The molecule has 0 atom stereocenters. The summed E-state index contributed by atoms with van der Waals surface area (Å²) in [6.07, 6.45) is 37.7. The lowest BCUT2D eigenvalue weighted by atomic mass is 10.0. The number of hydroxylamine groups is 1. The normalized spacial score (nSPS) is 11.3. The van der Waals surface area contributed by atoms with Gasteiger partial charge in [0.05, 0.1) is 0 Å². The number of nitrogens with zero attached hydrogens (tertiary/aromatic N) is 1. The zero-order valence-electron chi connectivity index (χ0n) is 23.2. The van der Waals surface area contributed by atoms with Crippen molar-refractivity contribution in [3.63, 3.8) is 0 Å². The summed E-state index contributed by atoms with van der Waals surface area (Å²) < 4.78 is 0. The second-order valence-electron chi connectivity index (χ2n) is 10.7. The van der Waals surface area contributed by atoms with Crippen LogP contribution >= 0.6 is 0 Å². The van der Waals surface area contributed by atoms with Crippen LogP contribution in [0.3, 0.4) is 0 Å². The first-order chi connectivity index (χ1) is 16.7. The van der Waals surface area contributed by atoms with E-state index in [2.05, 4.69) is 6.92 Å². The minimum Gasteiger partial charge on any atom is -0.271 e. The lowest BCUT2D eigenvalue weighted by Gasteiger charge is -2.07. The number of hydrogen-bond acceptors (Lipinski definition) is 3. The molecule has 0 unspecified atom stereocenters. The Bertz CT molecular complexity index is 401. The Morgan fingerprint density at radius 1 is 0.471 bits per heavy atom. The third-order valence-electron chi connectivity index (χ3n) is 7.25. The molecule has 0 fully saturated rings. The number of carbonyl (C=O) groups is 1. The van der Waals surface area contributed by atoms with Gasteiger partial charge in [-0.2, -0.15) is 5.17 Å². The van der Waals surface area contributed by atoms with E-state index in [1.807, 2.05) is 0 Å². The Balaban J connectivity index is 3.05. The van der Waals surface area contributed by atoms with Crippen LogP contribution in [0.4, 0.5) is 0 Å². The monoisotopic (exact) mass is 482 g/mol. The first-order valence-corrected chi connectivity index (χ1v) is 15.4. The molecule has 0 aliphatic carbocycles. The van der Waals surface area contributed by atoms with Crippen molar-refractivity contribution in [3.8, 4) is 0 Å². The van der Waals surface area contributed by atoms with E-state index in [9.17, 15) is 4.79 Å². The Morgan fingerprint density at radius 2 is 0.676 bits per heavy atom. The van der Waals surface area contributed by atoms with E-state index in [0.29, 0.717) is 6.42 Å². The maximum atomic E-state index is 11.1. The molecule has 0 aliphatic rings. The van der Waals surface area contributed by atoms with Crippen molar-refractivity contribution in [2.24, 2.45) is 5.84 Å². The Morgan fingerprint density at radius 3 is 0.882 bits per heavy atom. The minimum atomic E-state index is -0.389. The minimum absolute atomic E-state index is 0.209. The largest absolute Gasteiger partial charge is 0.271 e. The number of nitrogens with two attached hydrogens (primary N) is 1. The molecule has 4 heteroatoms. The molecule has 0 aliphatic heterocycles. The van der Waals surface area contributed by atoms with Gasteiger partial charge in [0, 0.05) is 6.42 Å². The number of unbranched alkanes of at least 4 members (excludes halogenated alkanes) is 26. The maximum Gasteiger partial charge on any atom is 0.260 e. The van der Waals surface area contributed by atoms with Crippen LogP contribution in [0.2, 0.25) is 0 Å². The van der Waals surface area contributed by atoms with Gasteiger partial charge in [-0.05, 0) is 6.42 Å². The van der Waals surface area contributed by atoms with Crippen LogP contribution in [0.1, 0.15) is 187 Å². The molecular formula is C30H62N2O2. The molecule has 0 saturated heterocycles. The number of rotatable bonds is 28. The smallest absolute Gasteiger partial charge is 0.260 e. The molecule has 1 amide bonds. The molecular weight excluding hydrogens is 420 g/mol. The van der Waals surface area contributed by atoms with Crippen LogP contribution in [-0.2, 0) is 4.79 Å². The molecule has 0 bridgehead atoms. The van der Waals surface area contributed by atoms with Crippen molar-refractivity contribution in [3.05, 3.63) is 0 Å². The fourth-order valence-electron chi connectivity index (χ4n) is 4.88. The first-order valence-electron chi connectivity index (χ1n) is 15.4. The van der Waals surface area contributed by atoms with Gasteiger partial charge in [0.15, 0.2) is 0 Å². The molecule has 34 heavy (non-hydrogen) atoms. The summed E-state index contributed by atoms with van der Waals surface area (Å²) in [5.41, 5.74) is 0. The molecule has 0 saturated carbocycles. The fourth-order valence-corrected chi connectivity index (χ4v) is 4.88. The average molecular weight is 483 g/mol. The maximum absolute atomic E-state index is 11.1. The van der Waals surface area contributed by atoms with E-state index in [1.165, 1.54) is 161 Å². The molecule has 0 radical (unpaired) electrons. The second kappa shape index (κ2) is 28.6. The Hall–Kier alpha value is -0.610. The topological polar surface area (TPSA) is 66.6 Å². The van der Waals surface area contributed by atoms with Gasteiger partial charge in [-0.3, -0.25) is 10.0 Å².